The molecule has 1 unspecified atom stereocenters. The summed E-state index contributed by atoms with van der Waals surface area (Å²) in [4.78, 5) is 11.1. The Morgan fingerprint density at radius 1 is 1.31 bits per heavy atom. The number of cyclic esters (lactones) is 1. The Hall–Kier alpha value is -1.71. The van der Waals surface area contributed by atoms with Gasteiger partial charge < -0.3 is 14.2 Å². The molecule has 4 nitrogen and oxygen atoms in total. The number of hydrogen-bond donors (Lipinski definition) is 0. The number of carbonyl (C=O) groups excluding carboxylic acids is 1. The normalized spacial score (nSPS) is 19.4. The van der Waals surface area contributed by atoms with Gasteiger partial charge >= 0.3 is 5.97 Å². The molecule has 0 radical (unpaired) electrons. The summed E-state index contributed by atoms with van der Waals surface area (Å²) >= 11 is 0. The fraction of sp³-hybridized carbons (Fsp3) is 0.417. The molecule has 0 bridgehead atoms. The van der Waals surface area contributed by atoms with Crippen molar-refractivity contribution < 1.29 is 19.0 Å². The molecule has 1 aromatic carbocycles. The zero-order valence-corrected chi connectivity index (χ0v) is 9.36. The Labute approximate surface area is 94.1 Å². The van der Waals surface area contributed by atoms with Gasteiger partial charge in [0.05, 0.1) is 14.2 Å². The zero-order valence-electron chi connectivity index (χ0n) is 9.36. The largest absolute Gasteiger partial charge is 0.497 e. The maximum atomic E-state index is 11.1. The van der Waals surface area contributed by atoms with Crippen LogP contribution in [0.5, 0.6) is 11.5 Å². The molecule has 2 rings (SSSR count). The Kier molecular flexibility index (Phi) is 2.99. The maximum absolute atomic E-state index is 11.1. The first-order valence-corrected chi connectivity index (χ1v) is 5.16. The van der Waals surface area contributed by atoms with Gasteiger partial charge in [-0.15, -0.1) is 0 Å². The van der Waals surface area contributed by atoms with Gasteiger partial charge in [0.1, 0.15) is 17.6 Å². The second-order valence-electron chi connectivity index (χ2n) is 3.63. The average molecular weight is 222 g/mol. The van der Waals surface area contributed by atoms with Crippen LogP contribution in [0.15, 0.2) is 18.2 Å². The van der Waals surface area contributed by atoms with E-state index in [1.807, 2.05) is 18.2 Å². The van der Waals surface area contributed by atoms with E-state index < -0.39 is 0 Å². The molecule has 16 heavy (non-hydrogen) atoms. The van der Waals surface area contributed by atoms with E-state index in [0.29, 0.717) is 12.8 Å². The lowest BCUT2D eigenvalue weighted by Crippen LogP contribution is -2.02. The summed E-state index contributed by atoms with van der Waals surface area (Å²) in [6.45, 7) is 0. The van der Waals surface area contributed by atoms with E-state index >= 15 is 0 Å². The van der Waals surface area contributed by atoms with Crippen molar-refractivity contribution in [2.24, 2.45) is 0 Å². The molecule has 1 heterocycles. The second kappa shape index (κ2) is 4.43. The number of hydrogen-bond acceptors (Lipinski definition) is 4. The van der Waals surface area contributed by atoms with Crippen molar-refractivity contribution in [2.45, 2.75) is 18.9 Å². The monoisotopic (exact) mass is 222 g/mol. The highest BCUT2D eigenvalue weighted by atomic mass is 16.6. The predicted molar refractivity (Wildman–Crippen MR) is 57.6 cm³/mol. The molecule has 1 aliphatic heterocycles. The van der Waals surface area contributed by atoms with E-state index in [2.05, 4.69) is 0 Å². The molecule has 1 fully saturated rings. The van der Waals surface area contributed by atoms with Crippen LogP contribution < -0.4 is 9.47 Å². The number of rotatable bonds is 3. The Morgan fingerprint density at radius 2 is 2.12 bits per heavy atom. The third-order valence-corrected chi connectivity index (χ3v) is 2.67. The standard InChI is InChI=1S/C12H14O4/c1-14-8-3-4-10(15-2)9(7-8)11-5-6-12(13)16-11/h3-4,7,11H,5-6H2,1-2H3. The first kappa shape index (κ1) is 10.8. The molecule has 4 heteroatoms. The molecule has 0 aliphatic carbocycles. The minimum atomic E-state index is -0.211. The van der Waals surface area contributed by atoms with Gasteiger partial charge in [0.15, 0.2) is 0 Å². The molecule has 0 N–H and O–H groups in total. The zero-order chi connectivity index (χ0) is 11.5. The number of methoxy groups -OCH3 is 2. The van der Waals surface area contributed by atoms with Gasteiger partial charge in [-0.3, -0.25) is 4.79 Å². The summed E-state index contributed by atoms with van der Waals surface area (Å²) in [6.07, 6.45) is 0.950. The smallest absolute Gasteiger partial charge is 0.306 e. The average Bonchev–Trinajstić information content (AvgIpc) is 2.75. The molecule has 0 spiro atoms. The van der Waals surface area contributed by atoms with Gasteiger partial charge in [-0.2, -0.15) is 0 Å². The molecule has 1 atom stereocenters. The highest BCUT2D eigenvalue weighted by Gasteiger charge is 2.27. The van der Waals surface area contributed by atoms with Crippen molar-refractivity contribution in [2.75, 3.05) is 14.2 Å². The van der Waals surface area contributed by atoms with Crippen molar-refractivity contribution in [1.82, 2.24) is 0 Å². The van der Waals surface area contributed by atoms with Gasteiger partial charge in [0, 0.05) is 12.0 Å². The maximum Gasteiger partial charge on any atom is 0.306 e. The van der Waals surface area contributed by atoms with E-state index in [-0.39, 0.29) is 12.1 Å². The third kappa shape index (κ3) is 1.96. The van der Waals surface area contributed by atoms with Crippen molar-refractivity contribution in [3.8, 4) is 11.5 Å². The first-order valence-electron chi connectivity index (χ1n) is 5.16. The Balaban J connectivity index is 2.33. The summed E-state index contributed by atoms with van der Waals surface area (Å²) in [5.74, 6) is 1.30. The van der Waals surface area contributed by atoms with E-state index in [4.69, 9.17) is 14.2 Å². The van der Waals surface area contributed by atoms with Crippen molar-refractivity contribution in [1.29, 1.82) is 0 Å². The minimum absolute atomic E-state index is 0.158. The lowest BCUT2D eigenvalue weighted by molar-refractivity contribution is -0.141. The van der Waals surface area contributed by atoms with Crippen LogP contribution in [0.4, 0.5) is 0 Å². The number of benzene rings is 1. The SMILES string of the molecule is COc1ccc(OC)c(C2CCC(=O)O2)c1. The summed E-state index contributed by atoms with van der Waals surface area (Å²) in [7, 11) is 3.20. The highest BCUT2D eigenvalue weighted by molar-refractivity contribution is 5.72. The van der Waals surface area contributed by atoms with Gasteiger partial charge in [-0.25, -0.2) is 0 Å². The lowest BCUT2D eigenvalue weighted by atomic mass is 10.1. The molecule has 0 aromatic heterocycles. The van der Waals surface area contributed by atoms with Crippen LogP contribution in [0.2, 0.25) is 0 Å². The van der Waals surface area contributed by atoms with E-state index in [9.17, 15) is 4.79 Å². The number of ether oxygens (including phenoxy) is 3. The second-order valence-corrected chi connectivity index (χ2v) is 3.63. The minimum Gasteiger partial charge on any atom is -0.497 e. The van der Waals surface area contributed by atoms with Crippen molar-refractivity contribution in [3.05, 3.63) is 23.8 Å². The predicted octanol–water partition coefficient (Wildman–Crippen LogP) is 2.08. The van der Waals surface area contributed by atoms with Gasteiger partial charge in [0.25, 0.3) is 0 Å². The van der Waals surface area contributed by atoms with Gasteiger partial charge in [-0.1, -0.05) is 0 Å². The van der Waals surface area contributed by atoms with Crippen LogP contribution in [-0.4, -0.2) is 20.2 Å². The molecule has 0 amide bonds. The third-order valence-electron chi connectivity index (χ3n) is 2.67. The summed E-state index contributed by atoms with van der Waals surface area (Å²) < 4.78 is 15.6. The van der Waals surface area contributed by atoms with Gasteiger partial charge in [0.2, 0.25) is 0 Å². The number of esters is 1. The van der Waals surface area contributed by atoms with Crippen LogP contribution >= 0.6 is 0 Å². The quantitative estimate of drug-likeness (QED) is 0.734. The fourth-order valence-corrected chi connectivity index (χ4v) is 1.84. The summed E-state index contributed by atoms with van der Waals surface area (Å²) in [6, 6.07) is 5.49. The lowest BCUT2D eigenvalue weighted by Gasteiger charge is -2.14. The van der Waals surface area contributed by atoms with Gasteiger partial charge in [-0.05, 0) is 24.6 Å². The molecule has 1 aromatic rings. The molecule has 1 aliphatic rings. The summed E-state index contributed by atoms with van der Waals surface area (Å²) in [5, 5.41) is 0. The molecule has 1 saturated heterocycles. The van der Waals surface area contributed by atoms with Crippen molar-refractivity contribution in [3.63, 3.8) is 0 Å². The molecule has 0 saturated carbocycles. The van der Waals surface area contributed by atoms with Crippen LogP contribution in [0.25, 0.3) is 0 Å². The van der Waals surface area contributed by atoms with E-state index in [1.165, 1.54) is 0 Å². The highest BCUT2D eigenvalue weighted by Crippen LogP contribution is 2.37. The van der Waals surface area contributed by atoms with E-state index in [0.717, 1.165) is 17.1 Å². The van der Waals surface area contributed by atoms with Crippen LogP contribution in [0.3, 0.4) is 0 Å². The first-order chi connectivity index (χ1) is 7.74. The molecule has 86 valence electrons. The van der Waals surface area contributed by atoms with E-state index in [1.54, 1.807) is 14.2 Å². The van der Waals surface area contributed by atoms with Crippen LogP contribution in [-0.2, 0) is 9.53 Å². The molecular formula is C12H14O4. The topological polar surface area (TPSA) is 44.8 Å². The van der Waals surface area contributed by atoms with Crippen LogP contribution in [0, 0.1) is 0 Å². The van der Waals surface area contributed by atoms with Crippen LogP contribution in [0.1, 0.15) is 24.5 Å². The number of carbonyl (C=O) groups is 1. The fourth-order valence-electron chi connectivity index (χ4n) is 1.84. The van der Waals surface area contributed by atoms with Crippen molar-refractivity contribution >= 4 is 5.97 Å². The molecular weight excluding hydrogens is 208 g/mol. The Morgan fingerprint density at radius 3 is 2.69 bits per heavy atom. The summed E-state index contributed by atoms with van der Waals surface area (Å²) in [5.41, 5.74) is 0.868. The Bertz CT molecular complexity index is 400.